The van der Waals surface area contributed by atoms with E-state index in [0.717, 1.165) is 24.2 Å². The highest BCUT2D eigenvalue weighted by Crippen LogP contribution is 2.44. The number of phenolic OH excluding ortho intramolecular Hbond substituents is 1. The third-order valence-electron chi connectivity index (χ3n) is 5.68. The first-order chi connectivity index (χ1) is 12.6. The molecule has 1 aliphatic rings. The van der Waals surface area contributed by atoms with Crippen LogP contribution in [-0.4, -0.2) is 23.1 Å². The number of hydrogen-bond donors (Lipinski definition) is 1. The maximum atomic E-state index is 11.4. The molecule has 1 aliphatic heterocycles. The van der Waals surface area contributed by atoms with E-state index in [9.17, 15) is 5.11 Å². The Labute approximate surface area is 169 Å². The van der Waals surface area contributed by atoms with Crippen LogP contribution >= 0.6 is 11.3 Å². The van der Waals surface area contributed by atoms with Crippen molar-refractivity contribution in [1.82, 2.24) is 4.90 Å². The average Bonchev–Trinajstić information content (AvgIpc) is 3.09. The van der Waals surface area contributed by atoms with Crippen LogP contribution in [0, 0.1) is 0 Å². The summed E-state index contributed by atoms with van der Waals surface area (Å²) in [6.45, 7) is 15.6. The minimum atomic E-state index is -0.0952. The van der Waals surface area contributed by atoms with E-state index < -0.39 is 0 Å². The molecule has 0 radical (unpaired) electrons. The van der Waals surface area contributed by atoms with Crippen molar-refractivity contribution in [2.75, 3.05) is 13.1 Å². The number of hydrogen-bond acceptors (Lipinski definition) is 3. The van der Waals surface area contributed by atoms with Gasteiger partial charge in [0.25, 0.3) is 0 Å². The number of piperidine rings is 1. The molecule has 2 heterocycles. The van der Waals surface area contributed by atoms with Gasteiger partial charge in [-0.2, -0.15) is 0 Å². The van der Waals surface area contributed by atoms with Crippen molar-refractivity contribution in [3.05, 3.63) is 51.2 Å². The molecule has 0 spiro atoms. The number of rotatable bonds is 3. The Kier molecular flexibility index (Phi) is 5.74. The van der Waals surface area contributed by atoms with Crippen molar-refractivity contribution in [1.29, 1.82) is 0 Å². The fourth-order valence-corrected chi connectivity index (χ4v) is 4.90. The zero-order chi connectivity index (χ0) is 19.8. The number of nitrogens with zero attached hydrogens (tertiary/aromatic N) is 1. The van der Waals surface area contributed by atoms with Crippen molar-refractivity contribution in [2.45, 2.75) is 77.7 Å². The smallest absolute Gasteiger partial charge is 0.124 e. The van der Waals surface area contributed by atoms with Gasteiger partial charge in [-0.3, -0.25) is 4.90 Å². The Bertz CT molecular complexity index is 759. The predicted octanol–water partition coefficient (Wildman–Crippen LogP) is 6.62. The second-order valence-electron chi connectivity index (χ2n) is 9.98. The van der Waals surface area contributed by atoms with Gasteiger partial charge in [0.2, 0.25) is 0 Å². The minimum absolute atomic E-state index is 0.0460. The molecule has 1 atom stereocenters. The first-order valence-electron chi connectivity index (χ1n) is 10.2. The molecule has 1 saturated heterocycles. The summed E-state index contributed by atoms with van der Waals surface area (Å²) in [5, 5.41) is 13.5. The highest BCUT2D eigenvalue weighted by molar-refractivity contribution is 7.10. The molecular weight excluding hydrogens is 350 g/mol. The summed E-state index contributed by atoms with van der Waals surface area (Å²) in [5.74, 6) is 0.486. The van der Waals surface area contributed by atoms with Crippen molar-refractivity contribution >= 4 is 11.3 Å². The SMILES string of the molecule is CC(C)(C)c1cc(C(c2cccs2)N2CCCCC2)c(O)c(C(C)(C)C)c1. The average molecular weight is 386 g/mol. The van der Waals surface area contributed by atoms with Gasteiger partial charge in [0.05, 0.1) is 6.04 Å². The van der Waals surface area contributed by atoms with Crippen molar-refractivity contribution < 1.29 is 5.11 Å². The molecule has 0 bridgehead atoms. The number of phenols is 1. The van der Waals surface area contributed by atoms with Crippen molar-refractivity contribution in [2.24, 2.45) is 0 Å². The lowest BCUT2D eigenvalue weighted by Crippen LogP contribution is -2.34. The summed E-state index contributed by atoms with van der Waals surface area (Å²) in [5.41, 5.74) is 3.39. The van der Waals surface area contributed by atoms with E-state index in [1.54, 1.807) is 11.3 Å². The molecule has 27 heavy (non-hydrogen) atoms. The maximum Gasteiger partial charge on any atom is 0.124 e. The molecular formula is C24H35NOS. The van der Waals surface area contributed by atoms with Gasteiger partial charge in [0.15, 0.2) is 0 Å². The van der Waals surface area contributed by atoms with Crippen LogP contribution in [0.25, 0.3) is 0 Å². The topological polar surface area (TPSA) is 23.5 Å². The van der Waals surface area contributed by atoms with E-state index in [-0.39, 0.29) is 16.9 Å². The molecule has 0 saturated carbocycles. The zero-order valence-corrected chi connectivity index (χ0v) is 18.6. The number of thiophene rings is 1. The Morgan fingerprint density at radius 1 is 0.963 bits per heavy atom. The fourth-order valence-electron chi connectivity index (χ4n) is 4.02. The first-order valence-corrected chi connectivity index (χ1v) is 11.1. The Hall–Kier alpha value is -1.32. The van der Waals surface area contributed by atoms with E-state index in [4.69, 9.17) is 0 Å². The third kappa shape index (κ3) is 4.41. The van der Waals surface area contributed by atoms with Gasteiger partial charge in [-0.25, -0.2) is 0 Å². The number of benzene rings is 1. The van der Waals surface area contributed by atoms with E-state index in [1.165, 1.54) is 29.7 Å². The first kappa shape index (κ1) is 20.4. The summed E-state index contributed by atoms with van der Waals surface area (Å²) < 4.78 is 0. The Morgan fingerprint density at radius 2 is 1.63 bits per heavy atom. The van der Waals surface area contributed by atoms with Gasteiger partial charge in [-0.1, -0.05) is 60.1 Å². The van der Waals surface area contributed by atoms with Gasteiger partial charge in [0.1, 0.15) is 5.75 Å². The lowest BCUT2D eigenvalue weighted by Gasteiger charge is -2.36. The monoisotopic (exact) mass is 385 g/mol. The summed E-state index contributed by atoms with van der Waals surface area (Å²) >= 11 is 1.80. The summed E-state index contributed by atoms with van der Waals surface area (Å²) in [4.78, 5) is 3.90. The third-order valence-corrected chi connectivity index (χ3v) is 6.60. The van der Waals surface area contributed by atoms with Crippen LogP contribution in [0.1, 0.15) is 88.4 Å². The maximum absolute atomic E-state index is 11.4. The second-order valence-corrected chi connectivity index (χ2v) is 11.0. The van der Waals surface area contributed by atoms with Gasteiger partial charge < -0.3 is 5.11 Å². The molecule has 0 amide bonds. The summed E-state index contributed by atoms with van der Waals surface area (Å²) in [6, 6.07) is 8.99. The van der Waals surface area contributed by atoms with Gasteiger partial charge in [-0.15, -0.1) is 11.3 Å². The van der Waals surface area contributed by atoms with Crippen LogP contribution in [-0.2, 0) is 10.8 Å². The van der Waals surface area contributed by atoms with Gasteiger partial charge >= 0.3 is 0 Å². The fraction of sp³-hybridized carbons (Fsp3) is 0.583. The van der Waals surface area contributed by atoms with Crippen LogP contribution in [0.15, 0.2) is 29.6 Å². The highest BCUT2D eigenvalue weighted by atomic mass is 32.1. The Morgan fingerprint density at radius 3 is 2.15 bits per heavy atom. The molecule has 3 rings (SSSR count). The highest BCUT2D eigenvalue weighted by Gasteiger charge is 2.32. The molecule has 148 valence electrons. The predicted molar refractivity (Wildman–Crippen MR) is 117 cm³/mol. The van der Waals surface area contributed by atoms with Crippen LogP contribution in [0.2, 0.25) is 0 Å². The summed E-state index contributed by atoms with van der Waals surface area (Å²) in [7, 11) is 0. The number of aromatic hydroxyl groups is 1. The lowest BCUT2D eigenvalue weighted by molar-refractivity contribution is 0.186. The van der Waals surface area contributed by atoms with Crippen LogP contribution < -0.4 is 0 Å². The van der Waals surface area contributed by atoms with Crippen molar-refractivity contribution in [3.8, 4) is 5.75 Å². The lowest BCUT2D eigenvalue weighted by atomic mass is 9.77. The standard InChI is InChI=1S/C24H35NOS/c1-23(2,3)17-15-18(22(26)19(16-17)24(4,5)6)21(20-11-10-14-27-20)25-12-8-7-9-13-25/h10-11,14-16,21,26H,7-9,12-13H2,1-6H3. The second kappa shape index (κ2) is 7.60. The molecule has 3 heteroatoms. The Balaban J connectivity index is 2.21. The molecule has 1 aromatic heterocycles. The van der Waals surface area contributed by atoms with Crippen LogP contribution in [0.4, 0.5) is 0 Å². The molecule has 1 aromatic carbocycles. The summed E-state index contributed by atoms with van der Waals surface area (Å²) in [6.07, 6.45) is 3.80. The van der Waals surface area contributed by atoms with E-state index in [2.05, 4.69) is 76.1 Å². The van der Waals surface area contributed by atoms with Crippen LogP contribution in [0.3, 0.4) is 0 Å². The van der Waals surface area contributed by atoms with Crippen LogP contribution in [0.5, 0.6) is 5.75 Å². The van der Waals surface area contributed by atoms with E-state index in [1.807, 2.05) is 0 Å². The zero-order valence-electron chi connectivity index (χ0n) is 17.8. The quantitative estimate of drug-likeness (QED) is 0.641. The van der Waals surface area contributed by atoms with E-state index in [0.29, 0.717) is 5.75 Å². The largest absolute Gasteiger partial charge is 0.507 e. The van der Waals surface area contributed by atoms with E-state index >= 15 is 0 Å². The molecule has 2 aromatic rings. The van der Waals surface area contributed by atoms with Crippen molar-refractivity contribution in [3.63, 3.8) is 0 Å². The minimum Gasteiger partial charge on any atom is -0.507 e. The number of likely N-dealkylation sites (tertiary alicyclic amines) is 1. The molecule has 2 nitrogen and oxygen atoms in total. The normalized spacial score (nSPS) is 17.9. The molecule has 1 N–H and O–H groups in total. The molecule has 0 aliphatic carbocycles. The molecule has 1 unspecified atom stereocenters. The van der Waals surface area contributed by atoms with Gasteiger partial charge in [0, 0.05) is 10.4 Å². The van der Waals surface area contributed by atoms with Gasteiger partial charge in [-0.05, 0) is 65.4 Å². The molecule has 1 fully saturated rings.